The predicted molar refractivity (Wildman–Crippen MR) is 101 cm³/mol. The molecule has 0 radical (unpaired) electrons. The first kappa shape index (κ1) is 17.4. The second-order valence-corrected chi connectivity index (χ2v) is 7.79. The summed E-state index contributed by atoms with van der Waals surface area (Å²) in [6, 6.07) is 8.03. The van der Waals surface area contributed by atoms with E-state index in [9.17, 15) is 4.79 Å². The molecule has 6 heteroatoms. The summed E-state index contributed by atoms with van der Waals surface area (Å²) >= 11 is 9.02. The number of allylic oxidation sites excluding steroid dienone is 1. The molecule has 0 saturated heterocycles. The number of halogens is 1. The lowest BCUT2D eigenvalue weighted by Crippen LogP contribution is -2.48. The number of thiocarbonyl (C=S) groups is 1. The monoisotopic (exact) mass is 408 g/mol. The Balaban J connectivity index is 2.03. The van der Waals surface area contributed by atoms with Crippen molar-refractivity contribution < 1.29 is 9.53 Å². The van der Waals surface area contributed by atoms with E-state index in [1.54, 1.807) is 0 Å². The summed E-state index contributed by atoms with van der Waals surface area (Å²) in [7, 11) is 0. The third kappa shape index (κ3) is 3.49. The van der Waals surface area contributed by atoms with E-state index in [-0.39, 0.29) is 18.1 Å². The highest BCUT2D eigenvalue weighted by Gasteiger charge is 2.40. The van der Waals surface area contributed by atoms with Gasteiger partial charge in [-0.1, -0.05) is 28.1 Å². The van der Waals surface area contributed by atoms with E-state index in [4.69, 9.17) is 17.0 Å². The summed E-state index contributed by atoms with van der Waals surface area (Å²) in [5.74, 6) is -0.281. The molecule has 1 aromatic rings. The number of carbonyl (C=O) groups is 1. The zero-order valence-electron chi connectivity index (χ0n) is 14.0. The fourth-order valence-electron chi connectivity index (χ4n) is 2.98. The smallest absolute Gasteiger partial charge is 0.338 e. The van der Waals surface area contributed by atoms with E-state index in [1.165, 1.54) is 0 Å². The van der Waals surface area contributed by atoms with Crippen LogP contribution >= 0.6 is 28.1 Å². The standard InChI is InChI=1S/C18H21BrN2O2S/c1-10(2)23-17(22)15-11(3)21(14-8-9-14)18(24)20-16(15)12-4-6-13(19)7-5-12/h4-7,10,14,16H,8-9H2,1-3H3,(H,20,24). The molecule has 1 unspecified atom stereocenters. The SMILES string of the molecule is CC1=C(C(=O)OC(C)C)C(c2ccc(Br)cc2)NC(=S)N1C1CC1. The second kappa shape index (κ2) is 6.84. The van der Waals surface area contributed by atoms with Gasteiger partial charge in [0.05, 0.1) is 17.7 Å². The zero-order valence-corrected chi connectivity index (χ0v) is 16.4. The number of benzene rings is 1. The van der Waals surface area contributed by atoms with Crippen LogP contribution in [0.25, 0.3) is 0 Å². The van der Waals surface area contributed by atoms with E-state index in [2.05, 4.69) is 26.1 Å². The molecule has 1 aromatic carbocycles. The fraction of sp³-hybridized carbons (Fsp3) is 0.444. The minimum atomic E-state index is -0.285. The zero-order chi connectivity index (χ0) is 17.4. The second-order valence-electron chi connectivity index (χ2n) is 6.49. The molecule has 0 bridgehead atoms. The normalized spacial score (nSPS) is 21.1. The van der Waals surface area contributed by atoms with Crippen molar-refractivity contribution in [2.75, 3.05) is 0 Å². The topological polar surface area (TPSA) is 41.6 Å². The molecular weight excluding hydrogens is 388 g/mol. The van der Waals surface area contributed by atoms with E-state index < -0.39 is 0 Å². The number of nitrogens with zero attached hydrogens (tertiary/aromatic N) is 1. The molecule has 3 rings (SSSR count). The number of hydrogen-bond donors (Lipinski definition) is 1. The molecule has 1 atom stereocenters. The molecular formula is C18H21BrN2O2S. The van der Waals surface area contributed by atoms with Gasteiger partial charge in [0.15, 0.2) is 5.11 Å². The molecule has 1 aliphatic carbocycles. The maximum Gasteiger partial charge on any atom is 0.338 e. The van der Waals surface area contributed by atoms with Crippen molar-refractivity contribution in [3.05, 3.63) is 45.6 Å². The van der Waals surface area contributed by atoms with Gasteiger partial charge in [0, 0.05) is 16.2 Å². The van der Waals surface area contributed by atoms with Gasteiger partial charge in [-0.3, -0.25) is 0 Å². The van der Waals surface area contributed by atoms with Crippen LogP contribution < -0.4 is 5.32 Å². The van der Waals surface area contributed by atoms with Gasteiger partial charge >= 0.3 is 5.97 Å². The van der Waals surface area contributed by atoms with Crippen molar-refractivity contribution >= 4 is 39.2 Å². The van der Waals surface area contributed by atoms with Crippen LogP contribution in [-0.4, -0.2) is 28.1 Å². The van der Waals surface area contributed by atoms with Crippen LogP contribution in [0.5, 0.6) is 0 Å². The van der Waals surface area contributed by atoms with Crippen molar-refractivity contribution in [1.29, 1.82) is 0 Å². The van der Waals surface area contributed by atoms with Crippen LogP contribution in [0.3, 0.4) is 0 Å². The van der Waals surface area contributed by atoms with E-state index in [0.29, 0.717) is 16.7 Å². The van der Waals surface area contributed by atoms with Crippen molar-refractivity contribution in [3.63, 3.8) is 0 Å². The van der Waals surface area contributed by atoms with Crippen LogP contribution in [0.1, 0.15) is 45.2 Å². The molecule has 1 heterocycles. The summed E-state index contributed by atoms with van der Waals surface area (Å²) < 4.78 is 6.50. The maximum atomic E-state index is 12.8. The van der Waals surface area contributed by atoms with E-state index >= 15 is 0 Å². The summed E-state index contributed by atoms with van der Waals surface area (Å²) in [6.07, 6.45) is 2.05. The Bertz CT molecular complexity index is 695. The van der Waals surface area contributed by atoms with Gasteiger partial charge in [-0.15, -0.1) is 0 Å². The number of ether oxygens (including phenoxy) is 1. The molecule has 0 aromatic heterocycles. The maximum absolute atomic E-state index is 12.8. The Labute approximate surface area is 156 Å². The average Bonchev–Trinajstić information content (AvgIpc) is 3.31. The van der Waals surface area contributed by atoms with E-state index in [1.807, 2.05) is 45.0 Å². The lowest BCUT2D eigenvalue weighted by molar-refractivity contribution is -0.143. The molecule has 1 saturated carbocycles. The van der Waals surface area contributed by atoms with Crippen LogP contribution in [0, 0.1) is 0 Å². The Hall–Kier alpha value is -1.40. The lowest BCUT2D eigenvalue weighted by atomic mass is 9.95. The fourth-order valence-corrected chi connectivity index (χ4v) is 3.65. The first-order chi connectivity index (χ1) is 11.4. The summed E-state index contributed by atoms with van der Waals surface area (Å²) in [5.41, 5.74) is 2.54. The van der Waals surface area contributed by atoms with Crippen molar-refractivity contribution in [1.82, 2.24) is 10.2 Å². The first-order valence-electron chi connectivity index (χ1n) is 8.15. The molecule has 24 heavy (non-hydrogen) atoms. The molecule has 1 aliphatic heterocycles. The number of rotatable bonds is 4. The highest BCUT2D eigenvalue weighted by atomic mass is 79.9. The average molecular weight is 409 g/mol. The van der Waals surface area contributed by atoms with Crippen molar-refractivity contribution in [2.24, 2.45) is 0 Å². The minimum absolute atomic E-state index is 0.161. The molecule has 4 nitrogen and oxygen atoms in total. The minimum Gasteiger partial charge on any atom is -0.459 e. The lowest BCUT2D eigenvalue weighted by Gasteiger charge is -2.38. The van der Waals surface area contributed by atoms with Crippen LogP contribution in [0.2, 0.25) is 0 Å². The molecule has 2 aliphatic rings. The number of carbonyl (C=O) groups excluding carboxylic acids is 1. The van der Waals surface area contributed by atoms with Crippen molar-refractivity contribution in [3.8, 4) is 0 Å². The summed E-state index contributed by atoms with van der Waals surface area (Å²) in [5, 5.41) is 4.03. The van der Waals surface area contributed by atoms with Gasteiger partial charge in [-0.05, 0) is 63.5 Å². The molecule has 0 amide bonds. The van der Waals surface area contributed by atoms with Gasteiger partial charge < -0.3 is 15.0 Å². The predicted octanol–water partition coefficient (Wildman–Crippen LogP) is 4.07. The molecule has 1 N–H and O–H groups in total. The third-order valence-electron chi connectivity index (χ3n) is 4.20. The largest absolute Gasteiger partial charge is 0.459 e. The van der Waals surface area contributed by atoms with Gasteiger partial charge in [0.1, 0.15) is 0 Å². The summed E-state index contributed by atoms with van der Waals surface area (Å²) in [6.45, 7) is 5.69. The number of nitrogens with one attached hydrogen (secondary N) is 1. The van der Waals surface area contributed by atoms with Gasteiger partial charge in [-0.2, -0.15) is 0 Å². The number of esters is 1. The Kier molecular flexibility index (Phi) is 4.97. The number of hydrogen-bond acceptors (Lipinski definition) is 3. The summed E-state index contributed by atoms with van der Waals surface area (Å²) in [4.78, 5) is 14.8. The first-order valence-corrected chi connectivity index (χ1v) is 9.35. The van der Waals surface area contributed by atoms with Gasteiger partial charge in [0.25, 0.3) is 0 Å². The molecule has 1 fully saturated rings. The highest BCUT2D eigenvalue weighted by Crippen LogP contribution is 2.38. The Morgan fingerprint density at radius 3 is 2.50 bits per heavy atom. The highest BCUT2D eigenvalue weighted by molar-refractivity contribution is 9.10. The van der Waals surface area contributed by atoms with Crippen LogP contribution in [0.15, 0.2) is 40.0 Å². The van der Waals surface area contributed by atoms with E-state index in [0.717, 1.165) is 28.6 Å². The van der Waals surface area contributed by atoms with Gasteiger partial charge in [-0.25, -0.2) is 4.79 Å². The van der Waals surface area contributed by atoms with Crippen LogP contribution in [0.4, 0.5) is 0 Å². The third-order valence-corrected chi connectivity index (χ3v) is 5.05. The van der Waals surface area contributed by atoms with Crippen molar-refractivity contribution in [2.45, 2.75) is 51.8 Å². The Morgan fingerprint density at radius 1 is 1.33 bits per heavy atom. The quantitative estimate of drug-likeness (QED) is 0.600. The van der Waals surface area contributed by atoms with Gasteiger partial charge in [0.2, 0.25) is 0 Å². The molecule has 0 spiro atoms. The Morgan fingerprint density at radius 2 is 1.96 bits per heavy atom. The van der Waals surface area contributed by atoms with Crippen LogP contribution in [-0.2, 0) is 9.53 Å². The molecule has 128 valence electrons.